The van der Waals surface area contributed by atoms with Gasteiger partial charge in [0.1, 0.15) is 22.3 Å². The first-order chi connectivity index (χ1) is 24.8. The first-order valence-corrected chi connectivity index (χ1v) is 16.8. The fourth-order valence-electron chi connectivity index (χ4n) is 7.75. The topological polar surface area (TPSA) is 42.7 Å². The lowest BCUT2D eigenvalue weighted by molar-refractivity contribution is 0.662. The average Bonchev–Trinajstić information content (AvgIpc) is 3.88. The Labute approximate surface area is 286 Å². The molecule has 0 radical (unpaired) electrons. The third-order valence-electron chi connectivity index (χ3n) is 10.1. The van der Waals surface area contributed by atoms with Gasteiger partial charge in [0.05, 0.1) is 16.8 Å². The van der Waals surface area contributed by atoms with Crippen molar-refractivity contribution in [2.45, 2.75) is 0 Å². The Morgan fingerprint density at radius 1 is 0.320 bits per heavy atom. The number of benzene rings is 8. The number of anilines is 3. The number of hydrogen-bond acceptors (Lipinski definition) is 4. The lowest BCUT2D eigenvalue weighted by Crippen LogP contribution is -2.10. The maximum atomic E-state index is 6.98. The number of nitrogens with zero attached hydrogens (tertiary/aromatic N) is 1. The van der Waals surface area contributed by atoms with Crippen molar-refractivity contribution in [2.75, 3.05) is 4.90 Å². The highest BCUT2D eigenvalue weighted by atomic mass is 16.3. The maximum absolute atomic E-state index is 6.98. The first-order valence-electron chi connectivity index (χ1n) is 16.8. The predicted molar refractivity (Wildman–Crippen MR) is 206 cm³/mol. The van der Waals surface area contributed by atoms with E-state index in [2.05, 4.69) is 144 Å². The van der Waals surface area contributed by atoms with Gasteiger partial charge in [0.15, 0.2) is 11.2 Å². The van der Waals surface area contributed by atoms with Crippen LogP contribution in [0.4, 0.5) is 17.1 Å². The zero-order chi connectivity index (χ0) is 32.8. The molecule has 8 aromatic carbocycles. The summed E-state index contributed by atoms with van der Waals surface area (Å²) in [5.74, 6) is 0. The molecule has 234 valence electrons. The number of furan rings is 3. The van der Waals surface area contributed by atoms with E-state index in [4.69, 9.17) is 13.3 Å². The molecule has 0 bridgehead atoms. The van der Waals surface area contributed by atoms with Gasteiger partial charge in [-0.15, -0.1) is 0 Å². The molecule has 0 aliphatic rings. The second-order valence-electron chi connectivity index (χ2n) is 12.8. The molecule has 4 heteroatoms. The summed E-state index contributed by atoms with van der Waals surface area (Å²) >= 11 is 0. The Bertz CT molecular complexity index is 3090. The van der Waals surface area contributed by atoms with Crippen LogP contribution in [0.1, 0.15) is 0 Å². The molecule has 0 aliphatic heterocycles. The van der Waals surface area contributed by atoms with Gasteiger partial charge in [-0.3, -0.25) is 0 Å². The molecule has 0 N–H and O–H groups in total. The van der Waals surface area contributed by atoms with Crippen LogP contribution in [0, 0.1) is 0 Å². The van der Waals surface area contributed by atoms with Crippen molar-refractivity contribution in [3.63, 3.8) is 0 Å². The Morgan fingerprint density at radius 3 is 1.68 bits per heavy atom. The fourth-order valence-corrected chi connectivity index (χ4v) is 7.75. The summed E-state index contributed by atoms with van der Waals surface area (Å²) in [5, 5.41) is 8.54. The largest absolute Gasteiger partial charge is 0.456 e. The van der Waals surface area contributed by atoms with Crippen molar-refractivity contribution in [2.24, 2.45) is 0 Å². The van der Waals surface area contributed by atoms with Gasteiger partial charge in [0.2, 0.25) is 0 Å². The van der Waals surface area contributed by atoms with E-state index >= 15 is 0 Å². The molecule has 3 aromatic heterocycles. The Morgan fingerprint density at radius 2 is 0.900 bits per heavy atom. The molecule has 50 heavy (non-hydrogen) atoms. The van der Waals surface area contributed by atoms with Gasteiger partial charge in [-0.2, -0.15) is 0 Å². The maximum Gasteiger partial charge on any atom is 0.159 e. The van der Waals surface area contributed by atoms with Crippen molar-refractivity contribution < 1.29 is 13.3 Å². The number of hydrogen-bond donors (Lipinski definition) is 0. The summed E-state index contributed by atoms with van der Waals surface area (Å²) in [6.07, 6.45) is 0. The number of rotatable bonds is 4. The smallest absolute Gasteiger partial charge is 0.159 e. The standard InChI is InChI=1S/C46H27NO3/c1-2-10-28(11-3-1)29-20-23-31(24-21-29)47(38-17-8-15-33-35-25-22-30-12-4-5-13-32(30)43(35)49-44(33)38)39-18-9-16-34-36-26-27-41-42(46(36)50-45(34)39)37-14-6-7-19-40(37)48-41/h1-27H. The van der Waals surface area contributed by atoms with Crippen molar-refractivity contribution >= 4 is 93.7 Å². The number of para-hydroxylation sites is 3. The SMILES string of the molecule is c1ccc(-c2ccc(N(c3cccc4c3oc3c5ccccc5ccc43)c3cccc4c3oc3c4ccc4oc5ccccc5c43)cc2)cc1. The van der Waals surface area contributed by atoms with Crippen molar-refractivity contribution in [3.05, 3.63) is 164 Å². The highest BCUT2D eigenvalue weighted by Gasteiger charge is 2.25. The highest BCUT2D eigenvalue weighted by Crippen LogP contribution is 2.48. The van der Waals surface area contributed by atoms with Crippen LogP contribution in [0.15, 0.2) is 177 Å². The number of fused-ring (bicyclic) bond motifs is 12. The van der Waals surface area contributed by atoms with E-state index in [1.807, 2.05) is 24.3 Å². The highest BCUT2D eigenvalue weighted by molar-refractivity contribution is 6.24. The van der Waals surface area contributed by atoms with Gasteiger partial charge >= 0.3 is 0 Å². The molecule has 0 spiro atoms. The molecule has 4 nitrogen and oxygen atoms in total. The summed E-state index contributed by atoms with van der Waals surface area (Å²) in [4.78, 5) is 2.27. The van der Waals surface area contributed by atoms with E-state index in [1.165, 1.54) is 5.56 Å². The van der Waals surface area contributed by atoms with Gasteiger partial charge in [-0.1, -0.05) is 115 Å². The molecule has 3 heterocycles. The van der Waals surface area contributed by atoms with Crippen LogP contribution < -0.4 is 4.90 Å². The van der Waals surface area contributed by atoms with Crippen molar-refractivity contribution in [3.8, 4) is 11.1 Å². The monoisotopic (exact) mass is 641 g/mol. The molecule has 0 saturated carbocycles. The van der Waals surface area contributed by atoms with Crippen LogP contribution >= 0.6 is 0 Å². The van der Waals surface area contributed by atoms with Crippen LogP contribution in [0.2, 0.25) is 0 Å². The molecule has 0 aliphatic carbocycles. The molecule has 11 rings (SSSR count). The molecular weight excluding hydrogens is 615 g/mol. The second-order valence-corrected chi connectivity index (χ2v) is 12.8. The van der Waals surface area contributed by atoms with E-state index in [1.54, 1.807) is 0 Å². The minimum absolute atomic E-state index is 0.797. The Kier molecular flexibility index (Phi) is 5.63. The lowest BCUT2D eigenvalue weighted by atomic mass is 10.0. The van der Waals surface area contributed by atoms with E-state index in [0.717, 1.165) is 99.2 Å². The normalized spacial score (nSPS) is 12.0. The predicted octanol–water partition coefficient (Wildman–Crippen LogP) is 13.7. The van der Waals surface area contributed by atoms with E-state index < -0.39 is 0 Å². The quantitative estimate of drug-likeness (QED) is 0.192. The first kappa shape index (κ1) is 27.2. The molecule has 0 saturated heterocycles. The van der Waals surface area contributed by atoms with Crippen LogP contribution in [-0.4, -0.2) is 0 Å². The van der Waals surface area contributed by atoms with Gasteiger partial charge in [-0.25, -0.2) is 0 Å². The molecular formula is C46H27NO3. The summed E-state index contributed by atoms with van der Waals surface area (Å²) < 4.78 is 20.1. The van der Waals surface area contributed by atoms with Crippen LogP contribution in [0.5, 0.6) is 0 Å². The van der Waals surface area contributed by atoms with Gasteiger partial charge in [0.25, 0.3) is 0 Å². The summed E-state index contributed by atoms with van der Waals surface area (Å²) in [6, 6.07) is 57.1. The van der Waals surface area contributed by atoms with Crippen molar-refractivity contribution in [1.82, 2.24) is 0 Å². The Hall–Kier alpha value is -6.78. The second kappa shape index (κ2) is 10.4. The Balaban J connectivity index is 1.21. The minimum Gasteiger partial charge on any atom is -0.456 e. The fraction of sp³-hybridized carbons (Fsp3) is 0. The molecule has 0 atom stereocenters. The van der Waals surface area contributed by atoms with Gasteiger partial charge in [-0.05, 0) is 65.0 Å². The third kappa shape index (κ3) is 3.87. The van der Waals surface area contributed by atoms with Crippen LogP contribution in [-0.2, 0) is 0 Å². The van der Waals surface area contributed by atoms with Crippen LogP contribution in [0.25, 0.3) is 87.7 Å². The summed E-state index contributed by atoms with van der Waals surface area (Å²) in [5.41, 5.74) is 10.2. The van der Waals surface area contributed by atoms with Gasteiger partial charge in [0, 0.05) is 38.0 Å². The van der Waals surface area contributed by atoms with Gasteiger partial charge < -0.3 is 18.2 Å². The zero-order valence-corrected chi connectivity index (χ0v) is 26.8. The molecule has 0 unspecified atom stereocenters. The van der Waals surface area contributed by atoms with E-state index in [9.17, 15) is 0 Å². The lowest BCUT2D eigenvalue weighted by Gasteiger charge is -2.25. The molecule has 0 amide bonds. The zero-order valence-electron chi connectivity index (χ0n) is 26.8. The minimum atomic E-state index is 0.797. The van der Waals surface area contributed by atoms with Crippen LogP contribution in [0.3, 0.4) is 0 Å². The average molecular weight is 642 g/mol. The van der Waals surface area contributed by atoms with E-state index in [0.29, 0.717) is 0 Å². The summed E-state index contributed by atoms with van der Waals surface area (Å²) in [6.45, 7) is 0. The van der Waals surface area contributed by atoms with Crippen molar-refractivity contribution in [1.29, 1.82) is 0 Å². The summed E-state index contributed by atoms with van der Waals surface area (Å²) in [7, 11) is 0. The molecule has 0 fully saturated rings. The third-order valence-corrected chi connectivity index (χ3v) is 10.1. The molecule has 11 aromatic rings. The van der Waals surface area contributed by atoms with E-state index in [-0.39, 0.29) is 0 Å².